The van der Waals surface area contributed by atoms with Gasteiger partial charge in [-0.1, -0.05) is 75.8 Å². The van der Waals surface area contributed by atoms with E-state index in [0.717, 1.165) is 53.5 Å². The van der Waals surface area contributed by atoms with E-state index in [1.54, 1.807) is 18.3 Å². The van der Waals surface area contributed by atoms with Gasteiger partial charge in [0.1, 0.15) is 23.9 Å². The van der Waals surface area contributed by atoms with Crippen molar-refractivity contribution in [1.29, 1.82) is 0 Å². The van der Waals surface area contributed by atoms with Crippen molar-refractivity contribution in [3.05, 3.63) is 65.9 Å². The molecule has 26 nitrogen and oxygen atoms in total. The van der Waals surface area contributed by atoms with Crippen molar-refractivity contribution in [3.63, 3.8) is 0 Å². The maximum atomic E-state index is 14.2. The Balaban J connectivity index is 1.25. The number of aromatic amines is 1. The van der Waals surface area contributed by atoms with E-state index in [4.69, 9.17) is 17.2 Å². The van der Waals surface area contributed by atoms with Crippen LogP contribution in [0.1, 0.15) is 135 Å². The molecule has 2 heterocycles. The Morgan fingerprint density at radius 1 is 0.747 bits per heavy atom. The van der Waals surface area contributed by atoms with Crippen LogP contribution in [0.5, 0.6) is 5.75 Å². The molecule has 2 fully saturated rings. The molecule has 10 atom stereocenters. The standard InChI is InChI=1S/C61H88N12O14/c1-5-12-45(52(79)28-38(15-11-24-66-61(64)65-4)57(84)72-48(56(63)83)27-39-32-67-44-17-10-9-16-42(39)44)69-55(82)23-22-51(78)46(25-36-13-7-6-8-14-36)70-58(85)43(34(2)74)30-53(80)47(31-54(62)81)71-59(86)50-29-41(77)33-73(50)60(87)49(68-35(3)75)26-37-18-20-40(76)21-19-37/h9-10,16-21,32,34,36,38,41,43,45-50,67,74,76-77H,5-8,11-15,22-31,33H2,1-4H3,(H2,62,81)(H2,63,83)(H,68,75)(H,69,82)(H,70,85)(H,71,86)(H,72,84)(H3,64,65,66)/t34-,38-,41-,43+,45+,46+,47+,48+,49-,50+/m1/s1. The van der Waals surface area contributed by atoms with E-state index in [1.807, 2.05) is 31.2 Å². The third-order valence-corrected chi connectivity index (χ3v) is 16.1. The molecule has 1 saturated heterocycles. The number of phenolic OH excluding ortho intramolecular Hbond substituents is 1. The molecule has 0 radical (unpaired) electrons. The van der Waals surface area contributed by atoms with E-state index in [-0.39, 0.29) is 75.5 Å². The molecule has 1 aliphatic carbocycles. The number of aliphatic hydroxyl groups is 2. The van der Waals surface area contributed by atoms with Crippen LogP contribution < -0.4 is 49.1 Å². The fraction of sp³-hybridized carbons (Fsp3) is 0.574. The lowest BCUT2D eigenvalue weighted by Crippen LogP contribution is -2.56. The summed E-state index contributed by atoms with van der Waals surface area (Å²) in [4.78, 5) is 158. The van der Waals surface area contributed by atoms with Crippen LogP contribution in [0, 0.1) is 17.8 Å². The number of hydrogen-bond acceptors (Lipinski definition) is 15. The number of amides is 8. The van der Waals surface area contributed by atoms with Gasteiger partial charge in [0.25, 0.3) is 0 Å². The van der Waals surface area contributed by atoms with Crippen molar-refractivity contribution in [2.45, 2.75) is 185 Å². The number of H-pyrrole nitrogens is 1. The summed E-state index contributed by atoms with van der Waals surface area (Å²) < 4.78 is 0. The first kappa shape index (κ1) is 69.5. The van der Waals surface area contributed by atoms with Gasteiger partial charge in [0.05, 0.1) is 42.7 Å². The van der Waals surface area contributed by atoms with Gasteiger partial charge in [-0.15, -0.1) is 0 Å². The third-order valence-electron chi connectivity index (χ3n) is 16.1. The lowest BCUT2D eigenvalue weighted by molar-refractivity contribution is -0.142. The summed E-state index contributed by atoms with van der Waals surface area (Å²) in [5.41, 5.74) is 19.3. The molecule has 0 bridgehead atoms. The van der Waals surface area contributed by atoms with Crippen molar-refractivity contribution in [3.8, 4) is 5.75 Å². The number of aromatic nitrogens is 1. The Morgan fingerprint density at radius 3 is 2.07 bits per heavy atom. The third kappa shape index (κ3) is 21.9. The molecule has 2 aliphatic rings. The Morgan fingerprint density at radius 2 is 1.43 bits per heavy atom. The van der Waals surface area contributed by atoms with Crippen LogP contribution in [0.4, 0.5) is 0 Å². The number of para-hydroxylation sites is 1. The second-order valence-electron chi connectivity index (χ2n) is 23.0. The zero-order valence-corrected chi connectivity index (χ0v) is 50.1. The number of aliphatic imine (C=N–C) groups is 1. The maximum Gasteiger partial charge on any atom is 0.246 e. The lowest BCUT2D eigenvalue weighted by Gasteiger charge is -2.30. The Hall–Kier alpha value is -8.26. The molecule has 476 valence electrons. The number of aromatic hydroxyl groups is 1. The summed E-state index contributed by atoms with van der Waals surface area (Å²) in [7, 11) is 1.51. The zero-order chi connectivity index (χ0) is 63.9. The number of phenols is 1. The Kier molecular flexibility index (Phi) is 27.3. The van der Waals surface area contributed by atoms with Gasteiger partial charge >= 0.3 is 0 Å². The smallest absolute Gasteiger partial charge is 0.246 e. The number of guanidine groups is 1. The number of carbonyl (C=O) groups is 11. The van der Waals surface area contributed by atoms with Crippen LogP contribution >= 0.6 is 0 Å². The van der Waals surface area contributed by atoms with Crippen LogP contribution in [0.25, 0.3) is 10.9 Å². The number of rotatable bonds is 35. The number of hydrogen-bond donors (Lipinski definition) is 13. The van der Waals surface area contributed by atoms with Gasteiger partial charge in [0, 0.05) is 95.0 Å². The van der Waals surface area contributed by atoms with Gasteiger partial charge in [-0.3, -0.25) is 57.7 Å². The molecule has 2 aromatic carbocycles. The second-order valence-corrected chi connectivity index (χ2v) is 23.0. The van der Waals surface area contributed by atoms with Gasteiger partial charge in [-0.25, -0.2) is 0 Å². The van der Waals surface area contributed by atoms with Crippen LogP contribution in [0.2, 0.25) is 0 Å². The fourth-order valence-corrected chi connectivity index (χ4v) is 11.3. The van der Waals surface area contributed by atoms with Gasteiger partial charge in [-0.05, 0) is 67.9 Å². The number of fused-ring (bicyclic) bond motifs is 1. The number of primary amides is 2. The van der Waals surface area contributed by atoms with Crippen molar-refractivity contribution in [2.24, 2.45) is 39.9 Å². The highest BCUT2D eigenvalue weighted by Crippen LogP contribution is 2.29. The number of ketones is 3. The van der Waals surface area contributed by atoms with Gasteiger partial charge in [-0.2, -0.15) is 0 Å². The summed E-state index contributed by atoms with van der Waals surface area (Å²) in [6.07, 6.45) is 1.77. The van der Waals surface area contributed by atoms with E-state index < -0.39 is 144 Å². The Labute approximate surface area is 506 Å². The first-order valence-corrected chi connectivity index (χ1v) is 30.0. The predicted molar refractivity (Wildman–Crippen MR) is 321 cm³/mol. The minimum absolute atomic E-state index is 0.00175. The summed E-state index contributed by atoms with van der Waals surface area (Å²) in [5, 5.41) is 48.5. The zero-order valence-electron chi connectivity index (χ0n) is 50.1. The highest BCUT2D eigenvalue weighted by Gasteiger charge is 2.43. The second kappa shape index (κ2) is 34.2. The van der Waals surface area contributed by atoms with E-state index >= 15 is 0 Å². The largest absolute Gasteiger partial charge is 0.508 e. The quantitative estimate of drug-likeness (QED) is 0.0215. The number of β-amino-alcohol motifs (C(OH)–C–C–N with tert-alkyl or cyclic N) is 1. The fourth-order valence-electron chi connectivity index (χ4n) is 11.3. The van der Waals surface area contributed by atoms with Crippen molar-refractivity contribution >= 4 is 81.5 Å². The van der Waals surface area contributed by atoms with E-state index in [2.05, 4.69) is 41.9 Å². The van der Waals surface area contributed by atoms with Crippen LogP contribution in [-0.4, -0.2) is 164 Å². The summed E-state index contributed by atoms with van der Waals surface area (Å²) >= 11 is 0. The number of nitrogens with zero attached hydrogens (tertiary/aromatic N) is 2. The topological polar surface area (TPSA) is 430 Å². The monoisotopic (exact) mass is 1210 g/mol. The minimum atomic E-state index is -1.68. The number of nitrogens with two attached hydrogens (primary N) is 3. The number of nitrogens with one attached hydrogen (secondary N) is 7. The van der Waals surface area contributed by atoms with E-state index in [0.29, 0.717) is 24.9 Å². The first-order chi connectivity index (χ1) is 41.4. The SMILES string of the molecule is CCC[C@H](NC(=O)CCC(=O)[C@H](CC1CCCCC1)NC(=O)[C@@H](CC(=O)[C@H](CC(N)=O)NC(=O)[C@@H]1C[C@@H](O)CN1C(=O)[C@@H](Cc1ccc(O)cc1)NC(C)=O)[C@@H](C)O)C(=O)C[C@@H](CCCNC(N)=NC)C(=O)N[C@@H](Cc1c[nH]c2ccccc12)C(N)=O. The molecule has 0 spiro atoms. The van der Waals surface area contributed by atoms with Crippen LogP contribution in [0.3, 0.4) is 0 Å². The molecule has 3 aromatic rings. The molecule has 87 heavy (non-hydrogen) atoms. The molecular formula is C61H88N12O14. The predicted octanol–water partition coefficient (Wildman–Crippen LogP) is 0.391. The molecule has 1 aromatic heterocycles. The van der Waals surface area contributed by atoms with Crippen molar-refractivity contribution < 1.29 is 68.1 Å². The molecule has 8 amide bonds. The van der Waals surface area contributed by atoms with Crippen molar-refractivity contribution in [2.75, 3.05) is 20.1 Å². The normalized spacial score (nSPS) is 18.1. The Bertz CT molecular complexity index is 2920. The molecule has 1 aliphatic heterocycles. The van der Waals surface area contributed by atoms with E-state index in [1.165, 1.54) is 33.0 Å². The molecular weight excluding hydrogens is 1120 g/mol. The van der Waals surface area contributed by atoms with Crippen LogP contribution in [0.15, 0.2) is 59.7 Å². The molecule has 5 rings (SSSR count). The average molecular weight is 1210 g/mol. The highest BCUT2D eigenvalue weighted by molar-refractivity contribution is 6.00. The summed E-state index contributed by atoms with van der Waals surface area (Å²) in [5.74, 6) is -10.5. The molecule has 1 saturated carbocycles. The maximum absolute atomic E-state index is 14.2. The number of carbonyl (C=O) groups excluding carboxylic acids is 11. The number of benzene rings is 2. The lowest BCUT2D eigenvalue weighted by atomic mass is 9.83. The highest BCUT2D eigenvalue weighted by atomic mass is 16.3. The molecule has 26 heteroatoms. The van der Waals surface area contributed by atoms with Gasteiger partial charge in [0.2, 0.25) is 47.3 Å². The van der Waals surface area contributed by atoms with Crippen molar-refractivity contribution in [1.82, 2.24) is 41.8 Å². The number of aliphatic hydroxyl groups excluding tert-OH is 2. The van der Waals surface area contributed by atoms with E-state index in [9.17, 15) is 68.1 Å². The average Bonchev–Trinajstić information content (AvgIpc) is 2.73. The number of likely N-dealkylation sites (tertiary alicyclic amines) is 1. The number of Topliss-reactive ketones (excluding diaryl/α,β-unsaturated/α-hetero) is 3. The van der Waals surface area contributed by atoms with Crippen LogP contribution in [-0.2, 0) is 65.6 Å². The van der Waals surface area contributed by atoms with Gasteiger partial charge < -0.3 is 74.3 Å². The molecule has 16 N–H and O–H groups in total. The van der Waals surface area contributed by atoms with Gasteiger partial charge in [0.15, 0.2) is 23.3 Å². The summed E-state index contributed by atoms with van der Waals surface area (Å²) in [6, 6.07) is 5.67. The minimum Gasteiger partial charge on any atom is -0.508 e. The first-order valence-electron chi connectivity index (χ1n) is 30.0. The summed E-state index contributed by atoms with van der Waals surface area (Å²) in [6.45, 7) is 4.24. The molecule has 0 unspecified atom stereocenters.